The van der Waals surface area contributed by atoms with Crippen LogP contribution >= 0.6 is 0 Å². The molecule has 0 spiro atoms. The number of carbonyl (C=O) groups is 2. The Bertz CT molecular complexity index is 1480. The number of methoxy groups -OCH3 is 4. The monoisotopic (exact) mass is 502 g/mol. The standard InChI is InChI=1S/C28H26N2O7/c1-34-23-12-16-9-10-29-22(20(16)14-25(23)36-3)11-17-13-24(35-2)26(37-4)15-21(17)30-27(31)18-7-5-6-8-19(18)28(32)33/h5-10,12-15H,11H2,1-4H3,(H,30,31)(H,32,33). The summed E-state index contributed by atoms with van der Waals surface area (Å²) in [6, 6.07) is 15.0. The van der Waals surface area contributed by atoms with E-state index in [0.29, 0.717) is 40.7 Å². The zero-order valence-corrected chi connectivity index (χ0v) is 20.8. The van der Waals surface area contributed by atoms with Gasteiger partial charge in [0, 0.05) is 29.8 Å². The number of amides is 1. The van der Waals surface area contributed by atoms with Crippen LogP contribution in [0.5, 0.6) is 23.0 Å². The number of carbonyl (C=O) groups excluding carboxylic acids is 1. The second kappa shape index (κ2) is 10.9. The molecule has 190 valence electrons. The van der Waals surface area contributed by atoms with Crippen molar-refractivity contribution in [2.75, 3.05) is 33.8 Å². The first kappa shape index (κ1) is 25.3. The highest BCUT2D eigenvalue weighted by atomic mass is 16.5. The number of pyridine rings is 1. The topological polar surface area (TPSA) is 116 Å². The first-order chi connectivity index (χ1) is 17.9. The van der Waals surface area contributed by atoms with Crippen LogP contribution in [0.15, 0.2) is 60.8 Å². The van der Waals surface area contributed by atoms with Crippen molar-refractivity contribution in [1.82, 2.24) is 4.98 Å². The van der Waals surface area contributed by atoms with Gasteiger partial charge in [-0.2, -0.15) is 0 Å². The van der Waals surface area contributed by atoms with Crippen LogP contribution in [-0.2, 0) is 6.42 Å². The van der Waals surface area contributed by atoms with E-state index < -0.39 is 11.9 Å². The van der Waals surface area contributed by atoms with Crippen LogP contribution in [0, 0.1) is 0 Å². The molecule has 0 aliphatic carbocycles. The summed E-state index contributed by atoms with van der Waals surface area (Å²) in [4.78, 5) is 29.4. The van der Waals surface area contributed by atoms with Crippen LogP contribution in [0.3, 0.4) is 0 Å². The maximum atomic E-state index is 13.2. The lowest BCUT2D eigenvalue weighted by Gasteiger charge is -2.17. The maximum Gasteiger partial charge on any atom is 0.336 e. The highest BCUT2D eigenvalue weighted by Crippen LogP contribution is 2.37. The number of aromatic nitrogens is 1. The SMILES string of the molecule is COc1cc(Cc2nccc3cc(OC)c(OC)cc23)c(NC(=O)c2ccccc2C(=O)O)cc1OC. The van der Waals surface area contributed by atoms with Gasteiger partial charge in [-0.25, -0.2) is 4.79 Å². The molecule has 0 aliphatic rings. The van der Waals surface area contributed by atoms with E-state index in [-0.39, 0.29) is 11.1 Å². The number of carboxylic acids is 1. The van der Waals surface area contributed by atoms with Crippen molar-refractivity contribution >= 4 is 28.3 Å². The lowest BCUT2D eigenvalue weighted by atomic mass is 10.0. The van der Waals surface area contributed by atoms with Crippen molar-refractivity contribution in [3.63, 3.8) is 0 Å². The van der Waals surface area contributed by atoms with Crippen molar-refractivity contribution < 1.29 is 33.6 Å². The number of ether oxygens (including phenoxy) is 4. The van der Waals surface area contributed by atoms with Gasteiger partial charge in [0.05, 0.1) is 45.3 Å². The minimum absolute atomic E-state index is 0.0378. The number of hydrogen-bond acceptors (Lipinski definition) is 7. The Balaban J connectivity index is 1.80. The molecule has 1 heterocycles. The van der Waals surface area contributed by atoms with Crippen molar-refractivity contribution in [1.29, 1.82) is 0 Å². The number of benzene rings is 3. The summed E-state index contributed by atoms with van der Waals surface area (Å²) in [5.41, 5.74) is 1.79. The van der Waals surface area contributed by atoms with Gasteiger partial charge < -0.3 is 29.4 Å². The Labute approximate surface area is 213 Å². The van der Waals surface area contributed by atoms with Gasteiger partial charge in [0.15, 0.2) is 23.0 Å². The van der Waals surface area contributed by atoms with Crippen molar-refractivity contribution in [2.24, 2.45) is 0 Å². The molecule has 0 aliphatic heterocycles. The van der Waals surface area contributed by atoms with Gasteiger partial charge in [-0.15, -0.1) is 0 Å². The van der Waals surface area contributed by atoms with E-state index in [0.717, 1.165) is 16.5 Å². The summed E-state index contributed by atoms with van der Waals surface area (Å²) in [5, 5.41) is 14.1. The minimum Gasteiger partial charge on any atom is -0.493 e. The molecule has 9 nitrogen and oxygen atoms in total. The molecule has 0 unspecified atom stereocenters. The molecule has 0 radical (unpaired) electrons. The summed E-state index contributed by atoms with van der Waals surface area (Å²) in [6.07, 6.45) is 2.02. The average Bonchev–Trinajstić information content (AvgIpc) is 2.92. The van der Waals surface area contributed by atoms with E-state index >= 15 is 0 Å². The lowest BCUT2D eigenvalue weighted by Crippen LogP contribution is -2.17. The average molecular weight is 503 g/mol. The van der Waals surface area contributed by atoms with Gasteiger partial charge in [-0.05, 0) is 47.3 Å². The largest absolute Gasteiger partial charge is 0.493 e. The molecule has 4 aromatic rings. The molecule has 9 heteroatoms. The molecule has 0 fully saturated rings. The molecule has 0 saturated carbocycles. The molecule has 2 N–H and O–H groups in total. The van der Waals surface area contributed by atoms with Crippen molar-refractivity contribution in [3.8, 4) is 23.0 Å². The third kappa shape index (κ3) is 5.11. The Kier molecular flexibility index (Phi) is 7.43. The molecule has 1 amide bonds. The fraction of sp³-hybridized carbons (Fsp3) is 0.179. The van der Waals surface area contributed by atoms with Crippen LogP contribution in [0.25, 0.3) is 10.8 Å². The number of carboxylic acid groups (broad SMARTS) is 1. The molecular formula is C28H26N2O7. The van der Waals surface area contributed by atoms with Crippen LogP contribution in [0.2, 0.25) is 0 Å². The number of anilines is 1. The highest BCUT2D eigenvalue weighted by molar-refractivity contribution is 6.11. The number of nitrogens with zero attached hydrogens (tertiary/aromatic N) is 1. The molecule has 4 rings (SSSR count). The summed E-state index contributed by atoms with van der Waals surface area (Å²) in [7, 11) is 6.16. The Morgan fingerprint density at radius 1 is 0.811 bits per heavy atom. The number of nitrogens with one attached hydrogen (secondary N) is 1. The zero-order valence-electron chi connectivity index (χ0n) is 20.8. The minimum atomic E-state index is -1.19. The van der Waals surface area contributed by atoms with E-state index in [1.807, 2.05) is 18.2 Å². The summed E-state index contributed by atoms with van der Waals surface area (Å²) in [6.45, 7) is 0. The molecule has 1 aromatic heterocycles. The first-order valence-corrected chi connectivity index (χ1v) is 11.3. The van der Waals surface area contributed by atoms with E-state index in [1.165, 1.54) is 26.4 Å². The van der Waals surface area contributed by atoms with Gasteiger partial charge in [-0.3, -0.25) is 9.78 Å². The van der Waals surface area contributed by atoms with Crippen molar-refractivity contribution in [2.45, 2.75) is 6.42 Å². The zero-order chi connectivity index (χ0) is 26.5. The molecule has 0 atom stereocenters. The van der Waals surface area contributed by atoms with Gasteiger partial charge in [0.1, 0.15) is 0 Å². The fourth-order valence-corrected chi connectivity index (χ4v) is 4.12. The maximum absolute atomic E-state index is 13.2. The lowest BCUT2D eigenvalue weighted by molar-refractivity contribution is 0.0692. The van der Waals surface area contributed by atoms with E-state index in [1.54, 1.807) is 44.7 Å². The number of hydrogen-bond donors (Lipinski definition) is 2. The Hall–Kier alpha value is -4.79. The van der Waals surface area contributed by atoms with Crippen molar-refractivity contribution in [3.05, 3.63) is 83.2 Å². The van der Waals surface area contributed by atoms with E-state index in [2.05, 4.69) is 10.3 Å². The van der Waals surface area contributed by atoms with Gasteiger partial charge in [0.2, 0.25) is 0 Å². The van der Waals surface area contributed by atoms with Gasteiger partial charge >= 0.3 is 5.97 Å². The second-order valence-electron chi connectivity index (χ2n) is 8.03. The molecule has 0 bridgehead atoms. The third-order valence-corrected chi connectivity index (χ3v) is 5.97. The Morgan fingerprint density at radius 2 is 1.41 bits per heavy atom. The van der Waals surface area contributed by atoms with Crippen LogP contribution in [0.1, 0.15) is 32.0 Å². The second-order valence-corrected chi connectivity index (χ2v) is 8.03. The predicted molar refractivity (Wildman–Crippen MR) is 139 cm³/mol. The molecule has 3 aromatic carbocycles. The Morgan fingerprint density at radius 3 is 2.05 bits per heavy atom. The van der Waals surface area contributed by atoms with Crippen LogP contribution < -0.4 is 24.3 Å². The number of aromatic carboxylic acids is 1. The normalized spacial score (nSPS) is 10.6. The molecular weight excluding hydrogens is 476 g/mol. The third-order valence-electron chi connectivity index (χ3n) is 5.97. The van der Waals surface area contributed by atoms with E-state index in [4.69, 9.17) is 18.9 Å². The number of rotatable bonds is 9. The van der Waals surface area contributed by atoms with E-state index in [9.17, 15) is 14.7 Å². The molecule has 37 heavy (non-hydrogen) atoms. The quantitative estimate of drug-likeness (QED) is 0.335. The first-order valence-electron chi connectivity index (χ1n) is 11.3. The summed E-state index contributed by atoms with van der Waals surface area (Å²) < 4.78 is 21.8. The van der Waals surface area contributed by atoms with Gasteiger partial charge in [0.25, 0.3) is 5.91 Å². The summed E-state index contributed by atoms with van der Waals surface area (Å²) in [5.74, 6) is 0.288. The smallest absolute Gasteiger partial charge is 0.336 e. The number of fused-ring (bicyclic) bond motifs is 1. The van der Waals surface area contributed by atoms with Crippen LogP contribution in [0.4, 0.5) is 5.69 Å². The molecule has 0 saturated heterocycles. The van der Waals surface area contributed by atoms with Crippen LogP contribution in [-0.4, -0.2) is 50.4 Å². The fourth-order valence-electron chi connectivity index (χ4n) is 4.12. The predicted octanol–water partition coefficient (Wildman–Crippen LogP) is 4.81. The summed E-state index contributed by atoms with van der Waals surface area (Å²) >= 11 is 0. The van der Waals surface area contributed by atoms with Gasteiger partial charge in [-0.1, -0.05) is 12.1 Å². The highest BCUT2D eigenvalue weighted by Gasteiger charge is 2.20.